The summed E-state index contributed by atoms with van der Waals surface area (Å²) in [6.45, 7) is 0. The summed E-state index contributed by atoms with van der Waals surface area (Å²) < 4.78 is 50.9. The molecule has 136 heavy (non-hydrogen) atoms. The highest BCUT2D eigenvalue weighted by molar-refractivity contribution is 7.03. The molecule has 12 heteroatoms. The van der Waals surface area contributed by atoms with Gasteiger partial charge in [0.1, 0.15) is 34.6 Å². The van der Waals surface area contributed by atoms with E-state index in [1.165, 1.54) is 0 Å². The smallest absolute Gasteiger partial charge is 0.159 e. The second-order valence-corrected chi connectivity index (χ2v) is 34.4. The second kappa shape index (κ2) is 34.1. The molecule has 6 heterocycles. The van der Waals surface area contributed by atoms with Crippen LogP contribution < -0.4 is 0 Å². The molecule has 0 aliphatic rings. The highest BCUT2D eigenvalue weighted by Gasteiger charge is 2.37. The van der Waals surface area contributed by atoms with Crippen molar-refractivity contribution < 1.29 is 8.78 Å². The van der Waals surface area contributed by atoms with Crippen LogP contribution in [-0.4, -0.2) is 34.5 Å². The lowest BCUT2D eigenvalue weighted by atomic mass is 9.93. The molecule has 0 bridgehead atoms. The van der Waals surface area contributed by atoms with Gasteiger partial charge in [0.15, 0.2) is 11.6 Å². The van der Waals surface area contributed by atoms with Gasteiger partial charge in [-0.15, -0.1) is 0 Å². The molecule has 0 aliphatic carbocycles. The summed E-state index contributed by atoms with van der Waals surface area (Å²) in [6.07, 6.45) is 0. The van der Waals surface area contributed by atoms with Crippen molar-refractivity contribution in [3.63, 3.8) is 0 Å². The fourth-order valence-corrected chi connectivity index (χ4v) is 21.0. The molecule has 26 rings (SSSR count). The first-order valence-corrected chi connectivity index (χ1v) is 45.5. The lowest BCUT2D eigenvalue weighted by Gasteiger charge is -2.29. The molecule has 0 aliphatic heterocycles. The summed E-state index contributed by atoms with van der Waals surface area (Å²) in [4.78, 5) is 0. The molecule has 0 radical (unpaired) electrons. The highest BCUT2D eigenvalue weighted by Crippen LogP contribution is 2.54. The zero-order valence-corrected chi connectivity index (χ0v) is 74.0. The standard InChI is InChI=1S/C85H53N5.C37H21F2N3.CH4NP.CH4/c86-54-72-82(87-73-38-20-16-34-64(73)65-35-17-21-39-74(65)87)84(89-77-46-42-60(55-24-6-1-7-25-55)50-68(77)69-51-61(43-47-78(69)89)56-26-8-2-9-27-56)81(59-32-14-5-15-33-59)85(83(72)88-75-40-22-18-36-66(75)67-37-19-23-41-76(67)88)90-79-48-44-62(57-28-10-3-11-29-57)52-70(79)71-53-63(45-49-80(71)90)58-30-12-4-13-31-58;38-34-33(23-12-2-1-3-13-23)35(39)37(42-31-20-10-6-16-26(31)27-17-7-11-21-32(27)42)28(22-40)36(34)41-29-18-8-4-14-24(29)25-15-5-9-19-30(25)41;1-2-3;/h1-53H;1-21H;3H,1H3;1H4. The van der Waals surface area contributed by atoms with Crippen molar-refractivity contribution >= 4 is 140 Å². The van der Waals surface area contributed by atoms with Gasteiger partial charge in [-0.25, -0.2) is 8.78 Å². The van der Waals surface area contributed by atoms with Gasteiger partial charge in [0.05, 0.1) is 94.5 Å². The molecule has 9 nitrogen and oxygen atoms in total. The first-order chi connectivity index (χ1) is 66.8. The van der Waals surface area contributed by atoms with Crippen molar-refractivity contribution in [2.75, 3.05) is 7.05 Å². The molecule has 0 saturated carbocycles. The van der Waals surface area contributed by atoms with Crippen LogP contribution in [0, 0.1) is 34.3 Å². The predicted molar refractivity (Wildman–Crippen MR) is 564 cm³/mol. The van der Waals surface area contributed by atoms with E-state index in [0.29, 0.717) is 11.1 Å². The van der Waals surface area contributed by atoms with Crippen molar-refractivity contribution in [2.45, 2.75) is 7.43 Å². The van der Waals surface area contributed by atoms with E-state index in [9.17, 15) is 10.5 Å². The predicted octanol–water partition coefficient (Wildman–Crippen LogP) is 33.6. The normalized spacial score (nSPS) is 11.4. The van der Waals surface area contributed by atoms with Crippen LogP contribution in [0.1, 0.15) is 18.6 Å². The van der Waals surface area contributed by atoms with E-state index in [4.69, 9.17) is 0 Å². The number of hydrogen-bond acceptors (Lipinski definition) is 3. The number of rotatable bonds is 12. The summed E-state index contributed by atoms with van der Waals surface area (Å²) in [7, 11) is 4.47. The number of fused-ring (bicyclic) bond motifs is 18. The molecule has 6 aromatic heterocycles. The quantitative estimate of drug-likeness (QED) is 0.114. The number of nitrogens with zero attached hydrogens (tertiary/aromatic N) is 9. The Morgan fingerprint density at radius 1 is 0.199 bits per heavy atom. The third-order valence-electron chi connectivity index (χ3n) is 26.7. The Kier molecular flexibility index (Phi) is 20.7. The third-order valence-corrected chi connectivity index (χ3v) is 26.7. The van der Waals surface area contributed by atoms with E-state index >= 15 is 8.78 Å². The Bertz CT molecular complexity index is 8490. The van der Waals surface area contributed by atoms with Gasteiger partial charge in [0, 0.05) is 77.2 Å². The molecule has 0 saturated heterocycles. The fourth-order valence-electron chi connectivity index (χ4n) is 21.0. The summed E-state index contributed by atoms with van der Waals surface area (Å²) in [5.74, 6) is -1.57. The summed E-state index contributed by atoms with van der Waals surface area (Å²) in [5.41, 5.74) is 25.9. The van der Waals surface area contributed by atoms with Gasteiger partial charge in [-0.2, -0.15) is 10.5 Å². The van der Waals surface area contributed by atoms with Crippen LogP contribution in [0.3, 0.4) is 0 Å². The second-order valence-electron chi connectivity index (χ2n) is 33.9. The Balaban J connectivity index is 0.000000188. The summed E-state index contributed by atoms with van der Waals surface area (Å²) in [5, 5.41) is 36.4. The number of benzene rings is 20. The van der Waals surface area contributed by atoms with Crippen LogP contribution in [0.5, 0.6) is 0 Å². The van der Waals surface area contributed by atoms with E-state index in [0.717, 1.165) is 209 Å². The summed E-state index contributed by atoms with van der Waals surface area (Å²) in [6, 6.07) is 161. The van der Waals surface area contributed by atoms with E-state index in [2.05, 4.69) is 366 Å². The highest BCUT2D eigenvalue weighted by atomic mass is 31.0. The SMILES string of the molecule is C.CN=P.N#Cc1c(-n2c3ccccc3c3ccccc32)c(-n2c3ccc(-c4ccccc4)cc3c3cc(-c4ccccc4)ccc32)c(-c2ccccc2)c(-n2c3ccc(-c4ccccc4)cc3c3cc(-c4ccccc4)ccc32)c1-n1c2ccccc2c2ccccc21.N#Cc1c(-n2c3ccccc3c3ccccc32)c(F)c(-c2ccccc2)c(F)c1-n1c2ccccc2c2ccccc21. The molecular formula is C124H82F2N9P. The lowest BCUT2D eigenvalue weighted by Crippen LogP contribution is -2.16. The van der Waals surface area contributed by atoms with Crippen molar-refractivity contribution in [1.82, 2.24) is 27.4 Å². The molecule has 0 atom stereocenters. The van der Waals surface area contributed by atoms with Crippen LogP contribution >= 0.6 is 9.03 Å². The Morgan fingerprint density at radius 3 is 0.588 bits per heavy atom. The number of nitriles is 2. The average Bonchev–Trinajstić information content (AvgIpc) is 1.49. The van der Waals surface area contributed by atoms with E-state index in [1.54, 1.807) is 40.4 Å². The first-order valence-electron chi connectivity index (χ1n) is 45.1. The van der Waals surface area contributed by atoms with E-state index in [1.807, 2.05) is 103 Å². The van der Waals surface area contributed by atoms with Gasteiger partial charge in [-0.1, -0.05) is 359 Å². The van der Waals surface area contributed by atoms with Crippen LogP contribution in [0.2, 0.25) is 0 Å². The van der Waals surface area contributed by atoms with Gasteiger partial charge in [-0.05, 0) is 162 Å². The lowest BCUT2D eigenvalue weighted by molar-refractivity contribution is 0.581. The zero-order chi connectivity index (χ0) is 90.5. The van der Waals surface area contributed by atoms with Crippen molar-refractivity contribution in [3.05, 3.63) is 472 Å². The third kappa shape index (κ3) is 13.2. The van der Waals surface area contributed by atoms with Crippen LogP contribution in [0.4, 0.5) is 8.78 Å². The molecule has 0 N–H and O–H groups in total. The van der Waals surface area contributed by atoms with Gasteiger partial charge >= 0.3 is 0 Å². The minimum Gasteiger partial charge on any atom is -0.306 e. The van der Waals surface area contributed by atoms with Gasteiger partial charge in [-0.3, -0.25) is 4.74 Å². The topological polar surface area (TPSA) is 89.5 Å². The largest absolute Gasteiger partial charge is 0.306 e. The number of halogens is 2. The molecule has 0 unspecified atom stereocenters. The van der Waals surface area contributed by atoms with Gasteiger partial charge in [0.25, 0.3) is 0 Å². The monoisotopic (exact) mass is 1770 g/mol. The van der Waals surface area contributed by atoms with Gasteiger partial charge in [0.2, 0.25) is 0 Å². The van der Waals surface area contributed by atoms with E-state index < -0.39 is 11.6 Å². The molecular weight excluding hydrogens is 1680 g/mol. The maximum Gasteiger partial charge on any atom is 0.159 e. The van der Waals surface area contributed by atoms with Crippen LogP contribution in [0.25, 0.3) is 232 Å². The molecule has 26 aromatic rings. The Morgan fingerprint density at radius 2 is 0.368 bits per heavy atom. The van der Waals surface area contributed by atoms with Crippen molar-refractivity contribution in [1.29, 1.82) is 10.5 Å². The molecule has 642 valence electrons. The maximum absolute atomic E-state index is 17.1. The molecule has 20 aromatic carbocycles. The Labute approximate surface area is 785 Å². The first kappa shape index (κ1) is 82.5. The van der Waals surface area contributed by atoms with Crippen molar-refractivity contribution in [2.24, 2.45) is 4.74 Å². The molecule has 0 fully saturated rings. The minimum atomic E-state index is -0.786. The Hall–Kier alpha value is -17.9. The zero-order valence-electron chi connectivity index (χ0n) is 73.0. The molecule has 0 amide bonds. The van der Waals surface area contributed by atoms with E-state index in [-0.39, 0.29) is 29.9 Å². The maximum atomic E-state index is 17.1. The van der Waals surface area contributed by atoms with Crippen LogP contribution in [-0.2, 0) is 0 Å². The van der Waals surface area contributed by atoms with Gasteiger partial charge < -0.3 is 27.4 Å². The average molecular weight is 1770 g/mol. The molecule has 0 spiro atoms. The number of para-hydroxylation sites is 8. The number of aromatic nitrogens is 6. The minimum absolute atomic E-state index is 0. The number of hydrogen-bond donors (Lipinski definition) is 0. The summed E-state index contributed by atoms with van der Waals surface area (Å²) >= 11 is 0. The van der Waals surface area contributed by atoms with Crippen molar-refractivity contribution in [3.8, 4) is 113 Å². The van der Waals surface area contributed by atoms with Crippen LogP contribution in [0.15, 0.2) is 454 Å². The fraction of sp³-hybridized carbons (Fsp3) is 0.0161.